The van der Waals surface area contributed by atoms with Crippen LogP contribution in [0.2, 0.25) is 0 Å². The molecule has 108 valence electrons. The summed E-state index contributed by atoms with van der Waals surface area (Å²) < 4.78 is 0. The lowest BCUT2D eigenvalue weighted by atomic mass is 10.1. The first-order chi connectivity index (χ1) is 9.54. The molecule has 6 nitrogen and oxygen atoms in total. The van der Waals surface area contributed by atoms with Crippen molar-refractivity contribution in [3.8, 4) is 0 Å². The number of rotatable bonds is 7. The van der Waals surface area contributed by atoms with Crippen molar-refractivity contribution in [1.29, 1.82) is 0 Å². The van der Waals surface area contributed by atoms with Gasteiger partial charge in [0.1, 0.15) is 5.03 Å². The molecule has 1 aliphatic carbocycles. The lowest BCUT2D eigenvalue weighted by Gasteiger charge is -2.10. The average Bonchev–Trinajstić information content (AvgIpc) is 3.16. The van der Waals surface area contributed by atoms with Gasteiger partial charge in [-0.05, 0) is 37.3 Å². The highest BCUT2D eigenvalue weighted by atomic mass is 32.2. The summed E-state index contributed by atoms with van der Waals surface area (Å²) in [6.45, 7) is 2.39. The van der Waals surface area contributed by atoms with Crippen LogP contribution in [0.4, 0.5) is 0 Å². The number of aromatic nitrogens is 2. The van der Waals surface area contributed by atoms with Crippen molar-refractivity contribution in [2.75, 3.05) is 12.3 Å². The van der Waals surface area contributed by atoms with Gasteiger partial charge in [0, 0.05) is 12.3 Å². The largest absolute Gasteiger partial charge is 0.481 e. The van der Waals surface area contributed by atoms with Crippen molar-refractivity contribution in [2.24, 2.45) is 5.41 Å². The van der Waals surface area contributed by atoms with Gasteiger partial charge in [0.2, 0.25) is 0 Å². The minimum atomic E-state index is -0.749. The van der Waals surface area contributed by atoms with Crippen LogP contribution in [0.25, 0.3) is 0 Å². The number of amides is 1. The Hall–Kier alpha value is -1.63. The average molecular weight is 295 g/mol. The monoisotopic (exact) mass is 295 g/mol. The minimum absolute atomic E-state index is 0.0730. The molecule has 1 aliphatic rings. The normalized spacial score (nSPS) is 15.7. The van der Waals surface area contributed by atoms with Crippen molar-refractivity contribution in [1.82, 2.24) is 15.5 Å². The lowest BCUT2D eigenvalue weighted by molar-refractivity contribution is -0.138. The van der Waals surface area contributed by atoms with E-state index < -0.39 is 5.97 Å². The van der Waals surface area contributed by atoms with Crippen molar-refractivity contribution >= 4 is 23.6 Å². The van der Waals surface area contributed by atoms with Crippen LogP contribution in [0, 0.1) is 5.41 Å². The van der Waals surface area contributed by atoms with E-state index in [2.05, 4.69) is 15.5 Å². The first-order valence-corrected chi connectivity index (χ1v) is 7.50. The zero-order valence-corrected chi connectivity index (χ0v) is 12.1. The van der Waals surface area contributed by atoms with Crippen LogP contribution in [-0.2, 0) is 4.79 Å². The molecule has 0 aromatic carbocycles. The van der Waals surface area contributed by atoms with Crippen molar-refractivity contribution in [3.63, 3.8) is 0 Å². The van der Waals surface area contributed by atoms with Crippen LogP contribution in [0.15, 0.2) is 17.2 Å². The fourth-order valence-electron chi connectivity index (χ4n) is 1.87. The zero-order valence-electron chi connectivity index (χ0n) is 11.3. The molecule has 0 spiro atoms. The van der Waals surface area contributed by atoms with Crippen molar-refractivity contribution in [2.45, 2.75) is 31.2 Å². The third kappa shape index (κ3) is 3.93. The van der Waals surface area contributed by atoms with Crippen molar-refractivity contribution < 1.29 is 14.7 Å². The van der Waals surface area contributed by atoms with Crippen LogP contribution in [-0.4, -0.2) is 39.5 Å². The molecule has 0 saturated heterocycles. The highest BCUT2D eigenvalue weighted by Gasteiger charge is 2.44. The summed E-state index contributed by atoms with van der Waals surface area (Å²) in [6, 6.07) is 3.39. The third-order valence-electron chi connectivity index (χ3n) is 3.22. The third-order valence-corrected chi connectivity index (χ3v) is 4.49. The number of carbonyl (C=O) groups excluding carboxylic acids is 1. The molecule has 1 heterocycles. The Morgan fingerprint density at radius 3 is 2.65 bits per heavy atom. The molecule has 7 heteroatoms. The van der Waals surface area contributed by atoms with E-state index in [0.717, 1.165) is 23.6 Å². The SMILES string of the molecule is CCNC(=O)c1ccc(SCC2(CC(=O)O)CC2)nn1. The molecule has 1 fully saturated rings. The first-order valence-electron chi connectivity index (χ1n) is 6.51. The van der Waals surface area contributed by atoms with Gasteiger partial charge in [0.15, 0.2) is 5.69 Å². The Kier molecular flexibility index (Phi) is 4.59. The maximum atomic E-state index is 11.5. The van der Waals surface area contributed by atoms with Crippen molar-refractivity contribution in [3.05, 3.63) is 17.8 Å². The molecule has 1 saturated carbocycles. The zero-order chi connectivity index (χ0) is 14.6. The predicted molar refractivity (Wildman–Crippen MR) is 74.7 cm³/mol. The second-order valence-electron chi connectivity index (χ2n) is 4.98. The van der Waals surface area contributed by atoms with Gasteiger partial charge >= 0.3 is 5.97 Å². The molecule has 1 aromatic heterocycles. The van der Waals surface area contributed by atoms with E-state index >= 15 is 0 Å². The number of nitrogens with one attached hydrogen (secondary N) is 1. The van der Waals surface area contributed by atoms with Gasteiger partial charge in [0.25, 0.3) is 5.91 Å². The van der Waals surface area contributed by atoms with E-state index in [4.69, 9.17) is 5.11 Å². The summed E-state index contributed by atoms with van der Waals surface area (Å²) >= 11 is 1.50. The van der Waals surface area contributed by atoms with E-state index in [1.54, 1.807) is 12.1 Å². The van der Waals surface area contributed by atoms with E-state index in [1.165, 1.54) is 11.8 Å². The van der Waals surface area contributed by atoms with E-state index in [9.17, 15) is 9.59 Å². The number of carbonyl (C=O) groups is 2. The molecule has 2 N–H and O–H groups in total. The highest BCUT2D eigenvalue weighted by molar-refractivity contribution is 7.99. The molecule has 1 aromatic rings. The van der Waals surface area contributed by atoms with Gasteiger partial charge in [-0.3, -0.25) is 9.59 Å². The quantitative estimate of drug-likeness (QED) is 0.742. The lowest BCUT2D eigenvalue weighted by Crippen LogP contribution is -2.24. The predicted octanol–water partition coefficient (Wildman–Crippen LogP) is 1.57. The van der Waals surface area contributed by atoms with Crippen LogP contribution in [0.3, 0.4) is 0 Å². The number of thioether (sulfide) groups is 1. The minimum Gasteiger partial charge on any atom is -0.481 e. The molecule has 0 bridgehead atoms. The highest BCUT2D eigenvalue weighted by Crippen LogP contribution is 2.51. The Morgan fingerprint density at radius 1 is 1.40 bits per heavy atom. The molecule has 0 aliphatic heterocycles. The molecule has 1 amide bonds. The van der Waals surface area contributed by atoms with E-state index in [0.29, 0.717) is 12.2 Å². The van der Waals surface area contributed by atoms with Gasteiger partial charge in [-0.2, -0.15) is 0 Å². The van der Waals surface area contributed by atoms with Crippen LogP contribution >= 0.6 is 11.8 Å². The molecule has 0 unspecified atom stereocenters. The number of carboxylic acid groups (broad SMARTS) is 1. The summed E-state index contributed by atoms with van der Waals surface area (Å²) in [7, 11) is 0. The second-order valence-corrected chi connectivity index (χ2v) is 5.97. The van der Waals surface area contributed by atoms with Crippen LogP contribution in [0.1, 0.15) is 36.7 Å². The van der Waals surface area contributed by atoms with Gasteiger partial charge in [-0.25, -0.2) is 0 Å². The van der Waals surface area contributed by atoms with Crippen LogP contribution in [0.5, 0.6) is 0 Å². The Balaban J connectivity index is 1.88. The summed E-state index contributed by atoms with van der Waals surface area (Å²) in [5, 5.41) is 20.1. The Labute approximate surface area is 121 Å². The second kappa shape index (κ2) is 6.21. The fraction of sp³-hybridized carbons (Fsp3) is 0.538. The van der Waals surface area contributed by atoms with Crippen LogP contribution < -0.4 is 5.32 Å². The topological polar surface area (TPSA) is 92.2 Å². The fourth-order valence-corrected chi connectivity index (χ4v) is 2.97. The van der Waals surface area contributed by atoms with Gasteiger partial charge in [-0.15, -0.1) is 22.0 Å². The number of nitrogens with zero attached hydrogens (tertiary/aromatic N) is 2. The smallest absolute Gasteiger partial charge is 0.303 e. The summed E-state index contributed by atoms with van der Waals surface area (Å²) in [4.78, 5) is 22.3. The van der Waals surface area contributed by atoms with Gasteiger partial charge < -0.3 is 10.4 Å². The van der Waals surface area contributed by atoms with E-state index in [-0.39, 0.29) is 17.7 Å². The number of aliphatic carboxylic acids is 1. The van der Waals surface area contributed by atoms with Gasteiger partial charge in [0.05, 0.1) is 6.42 Å². The standard InChI is InChI=1S/C13H17N3O3S/c1-2-14-12(19)9-3-4-10(16-15-9)20-8-13(5-6-13)7-11(17)18/h3-4H,2,5-8H2,1H3,(H,14,19)(H,17,18). The molecule has 2 rings (SSSR count). The number of hydrogen-bond acceptors (Lipinski definition) is 5. The maximum absolute atomic E-state index is 11.5. The molecule has 20 heavy (non-hydrogen) atoms. The summed E-state index contributed by atoms with van der Waals surface area (Å²) in [5.41, 5.74) is 0.221. The van der Waals surface area contributed by atoms with Gasteiger partial charge in [-0.1, -0.05) is 0 Å². The maximum Gasteiger partial charge on any atom is 0.303 e. The van der Waals surface area contributed by atoms with E-state index in [1.807, 2.05) is 6.92 Å². The number of hydrogen-bond donors (Lipinski definition) is 2. The number of carboxylic acids is 1. The summed E-state index contributed by atoms with van der Waals surface area (Å²) in [5.74, 6) is -0.254. The Morgan fingerprint density at radius 2 is 2.15 bits per heavy atom. The first kappa shape index (κ1) is 14.8. The Bertz CT molecular complexity index is 500. The summed E-state index contributed by atoms with van der Waals surface area (Å²) in [6.07, 6.45) is 2.12. The molecule has 0 radical (unpaired) electrons. The molecular formula is C13H17N3O3S. The molecule has 0 atom stereocenters. The molecular weight excluding hydrogens is 278 g/mol.